The maximum Gasteiger partial charge on any atom is 0.391 e. The van der Waals surface area contributed by atoms with Gasteiger partial charge in [-0.1, -0.05) is 70.4 Å². The summed E-state index contributed by atoms with van der Waals surface area (Å²) in [5.74, 6) is 1.32. The zero-order valence-corrected chi connectivity index (χ0v) is 40.0. The summed E-state index contributed by atoms with van der Waals surface area (Å²) in [7, 11) is 0. The van der Waals surface area contributed by atoms with Crippen LogP contribution in [0.4, 0.5) is 33.6 Å². The van der Waals surface area contributed by atoms with Gasteiger partial charge in [0, 0.05) is 63.1 Å². The van der Waals surface area contributed by atoms with Gasteiger partial charge in [-0.3, -0.25) is 9.59 Å². The van der Waals surface area contributed by atoms with Gasteiger partial charge in [0.25, 0.3) is 0 Å². The number of hydrogen-bond acceptors (Lipinski definition) is 7. The van der Waals surface area contributed by atoms with Gasteiger partial charge in [0.15, 0.2) is 5.95 Å². The maximum absolute atomic E-state index is 12.2. The molecule has 2 amide bonds. The molecule has 1 saturated carbocycles. The minimum Gasteiger partial charge on any atom is -0.493 e. The van der Waals surface area contributed by atoms with Crippen molar-refractivity contribution in [3.05, 3.63) is 89.5 Å². The number of imidazole rings is 1. The normalized spacial score (nSPS) is 17.2. The largest absolute Gasteiger partial charge is 0.493 e. The Kier molecular flexibility index (Phi) is 18.1. The van der Waals surface area contributed by atoms with E-state index in [1.54, 1.807) is 11.8 Å². The van der Waals surface area contributed by atoms with Crippen LogP contribution in [-0.2, 0) is 22.6 Å². The number of rotatable bonds is 7. The molecule has 368 valence electrons. The number of aromatic nitrogens is 2. The molecule has 2 fully saturated rings. The van der Waals surface area contributed by atoms with E-state index in [9.17, 15) is 31.5 Å². The highest BCUT2D eigenvalue weighted by Gasteiger charge is 2.41. The van der Waals surface area contributed by atoms with E-state index in [2.05, 4.69) is 78.5 Å². The number of nitrogens with one attached hydrogen (secondary N) is 2. The first kappa shape index (κ1) is 51.5. The Balaban J connectivity index is 0.000000159. The van der Waals surface area contributed by atoms with E-state index in [1.807, 2.05) is 30.3 Å². The van der Waals surface area contributed by atoms with E-state index in [0.29, 0.717) is 31.6 Å². The lowest BCUT2D eigenvalue weighted by Crippen LogP contribution is -2.41. The van der Waals surface area contributed by atoms with Crippen molar-refractivity contribution in [3.63, 3.8) is 0 Å². The minimum absolute atomic E-state index is 0.0447. The topological polar surface area (TPSA) is 126 Å². The van der Waals surface area contributed by atoms with Crippen LogP contribution in [0.15, 0.2) is 72.8 Å². The number of amides is 2. The van der Waals surface area contributed by atoms with Crippen LogP contribution in [0, 0.1) is 11.8 Å². The SMILES string of the molecule is CC(=O)N1CCC(C(F)(F)F)CC1.CC(=O)N1CCOc2ccc(-c3ccc4nc(N)[nH]c4c3)cc2C1.CCCOc1ccc(-c2ccc3c(c2)NCC3C)cc1CC.FC(F)C1CCCCC1. The molecule has 15 heteroatoms. The van der Waals surface area contributed by atoms with Gasteiger partial charge >= 0.3 is 6.18 Å². The first-order valence-corrected chi connectivity index (χ1v) is 24.1. The fourth-order valence-electron chi connectivity index (χ4n) is 9.04. The van der Waals surface area contributed by atoms with Gasteiger partial charge in [0.1, 0.15) is 18.1 Å². The number of fused-ring (bicyclic) bond motifs is 3. The summed E-state index contributed by atoms with van der Waals surface area (Å²) in [6.07, 6.45) is 0.634. The number of ether oxygens (including phenoxy) is 2. The summed E-state index contributed by atoms with van der Waals surface area (Å²) in [5.41, 5.74) is 17.2. The number of aromatic amines is 1. The summed E-state index contributed by atoms with van der Waals surface area (Å²) >= 11 is 0. The Morgan fingerprint density at radius 2 is 1.49 bits per heavy atom. The molecule has 3 aliphatic heterocycles. The summed E-state index contributed by atoms with van der Waals surface area (Å²) < 4.78 is 71.9. The van der Waals surface area contributed by atoms with Crippen molar-refractivity contribution >= 4 is 34.5 Å². The molecule has 1 atom stereocenters. The molecule has 1 unspecified atom stereocenters. The van der Waals surface area contributed by atoms with Crippen LogP contribution < -0.4 is 20.5 Å². The van der Waals surface area contributed by atoms with Gasteiger partial charge in [-0.25, -0.2) is 13.8 Å². The number of alkyl halides is 5. The van der Waals surface area contributed by atoms with Gasteiger partial charge in [-0.2, -0.15) is 13.2 Å². The van der Waals surface area contributed by atoms with Crippen molar-refractivity contribution in [2.75, 3.05) is 50.4 Å². The fraction of sp³-hybridized carbons (Fsp3) is 0.491. The van der Waals surface area contributed by atoms with Crippen LogP contribution >= 0.6 is 0 Å². The number of nitrogens with two attached hydrogens (primary N) is 1. The molecule has 4 aliphatic rings. The molecule has 0 spiro atoms. The number of hydrogen-bond donors (Lipinski definition) is 3. The van der Waals surface area contributed by atoms with Gasteiger partial charge in [0.05, 0.1) is 30.1 Å². The Morgan fingerprint density at radius 3 is 2.13 bits per heavy atom. The number of nitrogens with zero attached hydrogens (tertiary/aromatic N) is 3. The third-order valence-corrected chi connectivity index (χ3v) is 13.1. The summed E-state index contributed by atoms with van der Waals surface area (Å²) in [6, 6.07) is 25.4. The molecule has 4 N–H and O–H groups in total. The number of nitrogen functional groups attached to an aromatic ring is 1. The van der Waals surface area contributed by atoms with Gasteiger partial charge < -0.3 is 35.3 Å². The average Bonchev–Trinajstić information content (AvgIpc) is 3.82. The Bertz CT molecular complexity index is 2440. The fourth-order valence-corrected chi connectivity index (χ4v) is 9.04. The molecule has 1 aliphatic carbocycles. The molecule has 0 bridgehead atoms. The van der Waals surface area contributed by atoms with Crippen molar-refractivity contribution in [1.82, 2.24) is 19.8 Å². The third kappa shape index (κ3) is 13.9. The van der Waals surface area contributed by atoms with Gasteiger partial charge in [-0.15, -0.1) is 0 Å². The predicted molar refractivity (Wildman–Crippen MR) is 260 cm³/mol. The van der Waals surface area contributed by atoms with E-state index in [0.717, 1.165) is 97.3 Å². The lowest BCUT2D eigenvalue weighted by Gasteiger charge is -2.32. The molecule has 4 heterocycles. The highest BCUT2D eigenvalue weighted by atomic mass is 19.4. The molecule has 5 aromatic rings. The van der Waals surface area contributed by atoms with Crippen molar-refractivity contribution in [1.29, 1.82) is 0 Å². The third-order valence-electron chi connectivity index (χ3n) is 13.1. The van der Waals surface area contributed by atoms with E-state index < -0.39 is 18.5 Å². The van der Waals surface area contributed by atoms with Crippen LogP contribution in [0.3, 0.4) is 0 Å². The average molecular weight is 947 g/mol. The molecule has 0 radical (unpaired) electrons. The second kappa shape index (κ2) is 23.9. The number of halogens is 5. The zero-order valence-electron chi connectivity index (χ0n) is 40.0. The summed E-state index contributed by atoms with van der Waals surface area (Å²) in [4.78, 5) is 33.0. The van der Waals surface area contributed by atoms with Crippen molar-refractivity contribution in [2.24, 2.45) is 11.8 Å². The van der Waals surface area contributed by atoms with Crippen molar-refractivity contribution < 1.29 is 41.0 Å². The monoisotopic (exact) mass is 947 g/mol. The van der Waals surface area contributed by atoms with E-state index >= 15 is 0 Å². The molecule has 1 saturated heterocycles. The smallest absolute Gasteiger partial charge is 0.391 e. The van der Waals surface area contributed by atoms with E-state index in [4.69, 9.17) is 15.2 Å². The highest BCUT2D eigenvalue weighted by molar-refractivity contribution is 5.83. The van der Waals surface area contributed by atoms with Gasteiger partial charge in [0.2, 0.25) is 18.2 Å². The van der Waals surface area contributed by atoms with Crippen molar-refractivity contribution in [2.45, 2.75) is 117 Å². The Labute approximate surface area is 397 Å². The summed E-state index contributed by atoms with van der Waals surface area (Å²) in [5, 5.41) is 3.50. The number of carbonyl (C=O) groups is 2. The predicted octanol–water partition coefficient (Wildman–Crippen LogP) is 12.4. The first-order chi connectivity index (χ1) is 32.5. The molecule has 9 rings (SSSR count). The quantitative estimate of drug-likeness (QED) is 0.139. The highest BCUT2D eigenvalue weighted by Crippen LogP contribution is 2.37. The van der Waals surface area contributed by atoms with E-state index in [1.165, 1.54) is 39.8 Å². The van der Waals surface area contributed by atoms with Gasteiger partial charge in [-0.05, 0) is 114 Å². The van der Waals surface area contributed by atoms with Crippen LogP contribution in [0.2, 0.25) is 0 Å². The number of carbonyl (C=O) groups excluding carboxylic acids is 2. The minimum atomic E-state index is -4.09. The second-order valence-corrected chi connectivity index (χ2v) is 18.1. The molecule has 68 heavy (non-hydrogen) atoms. The number of aryl methyl sites for hydroxylation is 1. The Hall–Kier alpha value is -5.86. The molecule has 10 nitrogen and oxygen atoms in total. The van der Waals surface area contributed by atoms with Crippen molar-refractivity contribution in [3.8, 4) is 33.8 Å². The summed E-state index contributed by atoms with van der Waals surface area (Å²) in [6.45, 7) is 13.6. The number of piperidine rings is 1. The van der Waals surface area contributed by atoms with E-state index in [-0.39, 0.29) is 43.7 Å². The van der Waals surface area contributed by atoms with Crippen LogP contribution in [0.5, 0.6) is 11.5 Å². The molecular weight excluding hydrogens is 880 g/mol. The molecule has 1 aromatic heterocycles. The number of likely N-dealkylation sites (tertiary alicyclic amines) is 1. The second-order valence-electron chi connectivity index (χ2n) is 18.1. The number of anilines is 2. The standard InChI is InChI=1S/C20H25NO.C18H18N4O2.C8H12F3NO.C7H12F2/c1-4-10-22-20-9-7-16(11-15(20)5-2)17-6-8-18-14(3)13-21-19(18)12-17;1-11(23)22-6-7-24-17-5-3-12(8-14(17)10-22)13-2-4-15-16(9-13)21-18(19)20-15;1-6(13)12-4-2-7(3-5-12)8(9,10)11;8-7(9)6-4-2-1-3-5-6/h6-9,11-12,14,21H,4-5,10,13H2,1-3H3;2-5,8-9H,6-7,10H2,1H3,(H3,19,20,21);7H,2-5H2,1H3;6-7H,1-5H2. The Morgan fingerprint density at radius 1 is 0.838 bits per heavy atom. The zero-order chi connectivity index (χ0) is 49.0. The van der Waals surface area contributed by atoms with Crippen LogP contribution in [0.25, 0.3) is 33.3 Å². The molecular formula is C53H67F5N6O4. The molecule has 4 aromatic carbocycles. The lowest BCUT2D eigenvalue weighted by molar-refractivity contribution is -0.186. The number of benzene rings is 4. The van der Waals surface area contributed by atoms with Crippen LogP contribution in [-0.4, -0.2) is 83.6 Å². The van der Waals surface area contributed by atoms with Crippen LogP contribution in [0.1, 0.15) is 109 Å². The lowest BCUT2D eigenvalue weighted by atomic mass is 9.90. The number of H-pyrrole nitrogens is 1. The first-order valence-electron chi connectivity index (χ1n) is 24.1. The maximum atomic E-state index is 12.2.